The standard InChI is InChI=1S/C19H23FN6O/c1-3-7-25(8-6-21)17-5-4-14(10-22-17)19(27)24-15-9-16(20)18-23-13(2)11-26(18)12-15/h4-5,9-12H,3,6-8,21H2,1-2H3,(H,24,27). The van der Waals surface area contributed by atoms with Crippen molar-refractivity contribution in [3.05, 3.63) is 53.9 Å². The molecule has 3 heterocycles. The number of nitrogens with zero attached hydrogens (tertiary/aromatic N) is 4. The van der Waals surface area contributed by atoms with Crippen molar-refractivity contribution in [2.24, 2.45) is 5.73 Å². The second-order valence-corrected chi connectivity index (χ2v) is 6.32. The topological polar surface area (TPSA) is 88.5 Å². The zero-order valence-corrected chi connectivity index (χ0v) is 15.4. The normalized spacial score (nSPS) is 11.0. The summed E-state index contributed by atoms with van der Waals surface area (Å²) in [5.74, 6) is -0.0722. The van der Waals surface area contributed by atoms with Crippen molar-refractivity contribution in [2.75, 3.05) is 29.9 Å². The molecule has 0 aromatic carbocycles. The molecule has 0 aliphatic heterocycles. The summed E-state index contributed by atoms with van der Waals surface area (Å²) in [5.41, 5.74) is 7.32. The van der Waals surface area contributed by atoms with Crippen LogP contribution in [0.15, 0.2) is 36.8 Å². The summed E-state index contributed by atoms with van der Waals surface area (Å²) in [6, 6.07) is 4.75. The van der Waals surface area contributed by atoms with E-state index in [1.165, 1.54) is 12.3 Å². The molecule has 1 amide bonds. The predicted molar refractivity (Wildman–Crippen MR) is 104 cm³/mol. The Hall–Kier alpha value is -3.00. The first-order chi connectivity index (χ1) is 13.0. The quantitative estimate of drug-likeness (QED) is 0.667. The lowest BCUT2D eigenvalue weighted by atomic mass is 10.2. The Kier molecular flexibility index (Phi) is 5.66. The molecule has 0 bridgehead atoms. The average molecular weight is 370 g/mol. The van der Waals surface area contributed by atoms with Gasteiger partial charge in [0, 0.05) is 44.3 Å². The molecule has 0 aliphatic carbocycles. The van der Waals surface area contributed by atoms with Crippen LogP contribution in [0.1, 0.15) is 29.4 Å². The smallest absolute Gasteiger partial charge is 0.257 e. The van der Waals surface area contributed by atoms with E-state index in [-0.39, 0.29) is 11.6 Å². The summed E-state index contributed by atoms with van der Waals surface area (Å²) >= 11 is 0. The van der Waals surface area contributed by atoms with Crippen molar-refractivity contribution >= 4 is 23.1 Å². The van der Waals surface area contributed by atoms with Crippen LogP contribution in [-0.2, 0) is 0 Å². The Morgan fingerprint density at radius 2 is 2.15 bits per heavy atom. The van der Waals surface area contributed by atoms with Gasteiger partial charge >= 0.3 is 0 Å². The molecule has 7 nitrogen and oxygen atoms in total. The molecule has 0 spiro atoms. The van der Waals surface area contributed by atoms with Gasteiger partial charge in [-0.15, -0.1) is 0 Å². The number of nitrogens with one attached hydrogen (secondary N) is 1. The maximum Gasteiger partial charge on any atom is 0.257 e. The number of nitrogens with two attached hydrogens (primary N) is 1. The molecular weight excluding hydrogens is 347 g/mol. The predicted octanol–water partition coefficient (Wildman–Crippen LogP) is 2.60. The van der Waals surface area contributed by atoms with E-state index in [1.54, 1.807) is 35.9 Å². The first-order valence-electron chi connectivity index (χ1n) is 8.89. The fourth-order valence-electron chi connectivity index (χ4n) is 2.93. The molecule has 0 saturated carbocycles. The lowest BCUT2D eigenvalue weighted by molar-refractivity contribution is 0.102. The van der Waals surface area contributed by atoms with Gasteiger partial charge in [0.2, 0.25) is 0 Å². The summed E-state index contributed by atoms with van der Waals surface area (Å²) < 4.78 is 15.7. The minimum absolute atomic E-state index is 0.229. The number of aryl methyl sites for hydroxylation is 1. The van der Waals surface area contributed by atoms with Crippen LogP contribution in [0.2, 0.25) is 0 Å². The Bertz CT molecular complexity index is 931. The highest BCUT2D eigenvalue weighted by Crippen LogP contribution is 2.17. The Labute approximate surface area is 157 Å². The van der Waals surface area contributed by atoms with Gasteiger partial charge in [-0.25, -0.2) is 14.4 Å². The largest absolute Gasteiger partial charge is 0.355 e. The van der Waals surface area contributed by atoms with E-state index in [4.69, 9.17) is 5.73 Å². The average Bonchev–Trinajstić information content (AvgIpc) is 3.02. The highest BCUT2D eigenvalue weighted by Gasteiger charge is 2.12. The molecule has 3 N–H and O–H groups in total. The number of rotatable bonds is 7. The van der Waals surface area contributed by atoms with E-state index in [9.17, 15) is 9.18 Å². The van der Waals surface area contributed by atoms with Gasteiger partial charge < -0.3 is 20.4 Å². The van der Waals surface area contributed by atoms with Gasteiger partial charge in [0.15, 0.2) is 11.5 Å². The molecule has 3 aromatic rings. The number of pyridine rings is 2. The minimum Gasteiger partial charge on any atom is -0.355 e. The second kappa shape index (κ2) is 8.13. The molecule has 0 atom stereocenters. The third-order valence-corrected chi connectivity index (χ3v) is 4.11. The van der Waals surface area contributed by atoms with E-state index in [1.807, 2.05) is 0 Å². The van der Waals surface area contributed by atoms with Crippen LogP contribution in [-0.4, -0.2) is 39.9 Å². The molecule has 142 valence electrons. The van der Waals surface area contributed by atoms with Crippen molar-refractivity contribution in [1.82, 2.24) is 14.4 Å². The molecule has 0 unspecified atom stereocenters. The zero-order valence-electron chi connectivity index (χ0n) is 15.4. The zero-order chi connectivity index (χ0) is 19.4. The molecule has 8 heteroatoms. The fraction of sp³-hybridized carbons (Fsp3) is 0.316. The van der Waals surface area contributed by atoms with E-state index in [2.05, 4.69) is 27.1 Å². The van der Waals surface area contributed by atoms with Gasteiger partial charge in [-0.05, 0) is 25.5 Å². The summed E-state index contributed by atoms with van der Waals surface area (Å²) in [7, 11) is 0. The molecular formula is C19H23FN6O. The van der Waals surface area contributed by atoms with Crippen molar-refractivity contribution in [3.8, 4) is 0 Å². The van der Waals surface area contributed by atoms with Gasteiger partial charge in [-0.2, -0.15) is 0 Å². The van der Waals surface area contributed by atoms with Crippen molar-refractivity contribution < 1.29 is 9.18 Å². The third-order valence-electron chi connectivity index (χ3n) is 4.11. The molecule has 0 saturated heterocycles. The number of carbonyl (C=O) groups excluding carboxylic acids is 1. The second-order valence-electron chi connectivity index (χ2n) is 6.32. The van der Waals surface area contributed by atoms with Crippen LogP contribution in [0.4, 0.5) is 15.9 Å². The number of imidazole rings is 1. The van der Waals surface area contributed by atoms with Crippen LogP contribution >= 0.6 is 0 Å². The monoisotopic (exact) mass is 370 g/mol. The van der Waals surface area contributed by atoms with E-state index in [0.717, 1.165) is 18.8 Å². The van der Waals surface area contributed by atoms with Crippen molar-refractivity contribution in [2.45, 2.75) is 20.3 Å². The summed E-state index contributed by atoms with van der Waals surface area (Å²) in [6.07, 6.45) is 5.82. The number of halogens is 1. The summed E-state index contributed by atoms with van der Waals surface area (Å²) in [5, 5.41) is 2.70. The highest BCUT2D eigenvalue weighted by molar-refractivity contribution is 6.04. The lowest BCUT2D eigenvalue weighted by Gasteiger charge is -2.22. The Balaban J connectivity index is 1.76. The van der Waals surface area contributed by atoms with Crippen LogP contribution in [0.25, 0.3) is 5.65 Å². The maximum atomic E-state index is 14.1. The van der Waals surface area contributed by atoms with E-state index >= 15 is 0 Å². The summed E-state index contributed by atoms with van der Waals surface area (Å²) in [6.45, 7) is 5.95. The van der Waals surface area contributed by atoms with Crippen LogP contribution < -0.4 is 16.0 Å². The van der Waals surface area contributed by atoms with Gasteiger partial charge in [0.05, 0.1) is 16.9 Å². The van der Waals surface area contributed by atoms with Gasteiger partial charge in [0.25, 0.3) is 5.91 Å². The van der Waals surface area contributed by atoms with Crippen LogP contribution in [0.3, 0.4) is 0 Å². The molecule has 0 aliphatic rings. The van der Waals surface area contributed by atoms with Gasteiger partial charge in [-0.1, -0.05) is 6.92 Å². The SMILES string of the molecule is CCCN(CCN)c1ccc(C(=O)Nc2cc(F)c3nc(C)cn3c2)cn1. The van der Waals surface area contributed by atoms with Crippen LogP contribution in [0, 0.1) is 12.7 Å². The van der Waals surface area contributed by atoms with E-state index in [0.29, 0.717) is 30.0 Å². The number of fused-ring (bicyclic) bond motifs is 1. The van der Waals surface area contributed by atoms with Crippen molar-refractivity contribution in [1.29, 1.82) is 0 Å². The Morgan fingerprint density at radius 1 is 1.33 bits per heavy atom. The number of amides is 1. The number of hydrogen-bond acceptors (Lipinski definition) is 5. The highest BCUT2D eigenvalue weighted by atomic mass is 19.1. The molecule has 3 aromatic heterocycles. The maximum absolute atomic E-state index is 14.1. The first kappa shape index (κ1) is 18.8. The number of aromatic nitrogens is 3. The van der Waals surface area contributed by atoms with Crippen molar-refractivity contribution in [3.63, 3.8) is 0 Å². The molecule has 27 heavy (non-hydrogen) atoms. The van der Waals surface area contributed by atoms with E-state index < -0.39 is 5.82 Å². The molecule has 0 radical (unpaired) electrons. The first-order valence-corrected chi connectivity index (χ1v) is 8.89. The third kappa shape index (κ3) is 4.22. The number of hydrogen-bond donors (Lipinski definition) is 2. The van der Waals surface area contributed by atoms with Gasteiger partial charge in [-0.3, -0.25) is 4.79 Å². The molecule has 0 fully saturated rings. The minimum atomic E-state index is -0.494. The summed E-state index contributed by atoms with van der Waals surface area (Å²) in [4.78, 5) is 23.0. The lowest BCUT2D eigenvalue weighted by Crippen LogP contribution is -2.30. The fourth-order valence-corrected chi connectivity index (χ4v) is 2.93. The van der Waals surface area contributed by atoms with Crippen LogP contribution in [0.5, 0.6) is 0 Å². The number of carbonyl (C=O) groups is 1. The Morgan fingerprint density at radius 3 is 2.81 bits per heavy atom. The van der Waals surface area contributed by atoms with Gasteiger partial charge in [0.1, 0.15) is 5.82 Å². The number of anilines is 2. The molecule has 3 rings (SSSR count).